The molecule has 0 spiro atoms. The van der Waals surface area contributed by atoms with Gasteiger partial charge in [-0.05, 0) is 48.5 Å². The molecule has 1 aliphatic heterocycles. The fourth-order valence-corrected chi connectivity index (χ4v) is 3.72. The van der Waals surface area contributed by atoms with Crippen LogP contribution in [0.5, 0.6) is 11.5 Å². The highest BCUT2D eigenvalue weighted by Crippen LogP contribution is 2.30. The predicted octanol–water partition coefficient (Wildman–Crippen LogP) is 2.60. The Morgan fingerprint density at radius 2 is 1.28 bits per heavy atom. The van der Waals surface area contributed by atoms with Gasteiger partial charge in [-0.1, -0.05) is 36.4 Å². The minimum absolute atomic E-state index is 0.234. The molecule has 3 aromatic carbocycles. The van der Waals surface area contributed by atoms with E-state index in [0.29, 0.717) is 11.5 Å². The predicted molar refractivity (Wildman–Crippen MR) is 127 cm³/mol. The molecule has 0 bridgehead atoms. The maximum absolute atomic E-state index is 12.9. The molecule has 36 heavy (non-hydrogen) atoms. The summed E-state index contributed by atoms with van der Waals surface area (Å²) in [5.41, 5.74) is 0.477. The molecule has 0 aromatic heterocycles. The van der Waals surface area contributed by atoms with Crippen molar-refractivity contribution in [2.24, 2.45) is 0 Å². The lowest BCUT2D eigenvalue weighted by Gasteiger charge is -2.42. The van der Waals surface area contributed by atoms with Crippen LogP contribution in [-0.2, 0) is 14.2 Å². The van der Waals surface area contributed by atoms with Crippen molar-refractivity contribution < 1.29 is 43.5 Å². The van der Waals surface area contributed by atoms with Crippen LogP contribution in [0.4, 0.5) is 0 Å². The van der Waals surface area contributed by atoms with Crippen molar-refractivity contribution in [2.45, 2.75) is 30.7 Å². The van der Waals surface area contributed by atoms with Gasteiger partial charge in [-0.3, -0.25) is 0 Å². The molecule has 9 nitrogen and oxygen atoms in total. The second-order valence-electron chi connectivity index (χ2n) is 7.98. The van der Waals surface area contributed by atoms with Gasteiger partial charge in [0, 0.05) is 0 Å². The summed E-state index contributed by atoms with van der Waals surface area (Å²) in [5, 5.41) is 20.7. The molecule has 0 aliphatic carbocycles. The summed E-state index contributed by atoms with van der Waals surface area (Å²) in [6.07, 6.45) is -6.77. The van der Waals surface area contributed by atoms with Crippen LogP contribution in [-0.4, -0.2) is 66.6 Å². The summed E-state index contributed by atoms with van der Waals surface area (Å²) in [7, 11) is 1.53. The molecule has 5 atom stereocenters. The van der Waals surface area contributed by atoms with E-state index in [2.05, 4.69) is 0 Å². The van der Waals surface area contributed by atoms with Crippen molar-refractivity contribution in [3.8, 4) is 11.5 Å². The van der Waals surface area contributed by atoms with Crippen molar-refractivity contribution in [3.63, 3.8) is 0 Å². The Hall–Kier alpha value is -3.92. The van der Waals surface area contributed by atoms with Crippen LogP contribution >= 0.6 is 0 Å². The lowest BCUT2D eigenvalue weighted by molar-refractivity contribution is -0.276. The lowest BCUT2D eigenvalue weighted by Crippen LogP contribution is -2.62. The summed E-state index contributed by atoms with van der Waals surface area (Å²) in [5.74, 6) is -0.551. The molecule has 188 valence electrons. The molecular weight excluding hydrogens is 468 g/mol. The zero-order chi connectivity index (χ0) is 25.5. The molecule has 0 unspecified atom stereocenters. The topological polar surface area (TPSA) is 121 Å². The van der Waals surface area contributed by atoms with Crippen LogP contribution in [0.1, 0.15) is 20.7 Å². The van der Waals surface area contributed by atoms with E-state index in [1.807, 2.05) is 0 Å². The molecule has 1 aliphatic rings. The van der Waals surface area contributed by atoms with Gasteiger partial charge in [0.15, 0.2) is 6.10 Å². The maximum atomic E-state index is 12.9. The molecule has 9 heteroatoms. The first kappa shape index (κ1) is 25.2. The van der Waals surface area contributed by atoms with E-state index in [1.54, 1.807) is 84.9 Å². The zero-order valence-corrected chi connectivity index (χ0v) is 19.4. The summed E-state index contributed by atoms with van der Waals surface area (Å²) in [4.78, 5) is 25.8. The van der Waals surface area contributed by atoms with Crippen LogP contribution in [0.25, 0.3) is 0 Å². The van der Waals surface area contributed by atoms with Crippen molar-refractivity contribution in [3.05, 3.63) is 96.1 Å². The molecule has 0 radical (unpaired) electrons. The summed E-state index contributed by atoms with van der Waals surface area (Å²) < 4.78 is 28.1. The highest BCUT2D eigenvalue weighted by atomic mass is 16.7. The van der Waals surface area contributed by atoms with E-state index in [4.69, 9.17) is 23.7 Å². The fraction of sp³-hybridized carbons (Fsp3) is 0.259. The number of carbonyl (C=O) groups excluding carboxylic acids is 2. The van der Waals surface area contributed by atoms with Gasteiger partial charge in [0.05, 0.1) is 24.8 Å². The second kappa shape index (κ2) is 11.7. The summed E-state index contributed by atoms with van der Waals surface area (Å²) in [6, 6.07) is 22.9. The summed E-state index contributed by atoms with van der Waals surface area (Å²) in [6.45, 7) is -0.595. The SMILES string of the molecule is COc1ccc(O[C@@H]2O[C@H](CO)[C@H](O)[C@H](OC(=O)c3ccccc3)[C@H]2OC(=O)c2ccccc2)cc1. The number of hydrogen-bond acceptors (Lipinski definition) is 9. The van der Waals surface area contributed by atoms with E-state index >= 15 is 0 Å². The first-order valence-electron chi connectivity index (χ1n) is 11.3. The van der Waals surface area contributed by atoms with E-state index < -0.39 is 49.3 Å². The van der Waals surface area contributed by atoms with Gasteiger partial charge in [-0.25, -0.2) is 9.59 Å². The molecule has 1 heterocycles. The zero-order valence-electron chi connectivity index (χ0n) is 19.4. The van der Waals surface area contributed by atoms with Crippen molar-refractivity contribution in [2.75, 3.05) is 13.7 Å². The smallest absolute Gasteiger partial charge is 0.338 e. The van der Waals surface area contributed by atoms with E-state index in [9.17, 15) is 19.8 Å². The molecular formula is C27H26O9. The van der Waals surface area contributed by atoms with Crippen LogP contribution in [0, 0.1) is 0 Å². The minimum atomic E-state index is -1.51. The normalized spacial score (nSPS) is 23.4. The van der Waals surface area contributed by atoms with Gasteiger partial charge in [0.2, 0.25) is 12.4 Å². The average Bonchev–Trinajstić information content (AvgIpc) is 2.93. The molecule has 0 saturated carbocycles. The molecule has 1 fully saturated rings. The molecule has 3 aromatic rings. The van der Waals surface area contributed by atoms with E-state index in [1.165, 1.54) is 7.11 Å². The third kappa shape index (κ3) is 5.83. The lowest BCUT2D eigenvalue weighted by atomic mass is 9.98. The van der Waals surface area contributed by atoms with E-state index in [-0.39, 0.29) is 11.1 Å². The number of rotatable bonds is 8. The molecule has 0 amide bonds. The second-order valence-corrected chi connectivity index (χ2v) is 7.98. The Bertz CT molecular complexity index is 1130. The molecule has 4 rings (SSSR count). The highest BCUT2D eigenvalue weighted by molar-refractivity contribution is 5.90. The Morgan fingerprint density at radius 1 is 0.778 bits per heavy atom. The summed E-state index contributed by atoms with van der Waals surface area (Å²) >= 11 is 0. The van der Waals surface area contributed by atoms with Crippen molar-refractivity contribution >= 4 is 11.9 Å². The quantitative estimate of drug-likeness (QED) is 0.455. The molecule has 2 N–H and O–H groups in total. The third-order valence-electron chi connectivity index (χ3n) is 5.62. The highest BCUT2D eigenvalue weighted by Gasteiger charge is 2.51. The Morgan fingerprint density at radius 3 is 1.78 bits per heavy atom. The Balaban J connectivity index is 1.65. The van der Waals surface area contributed by atoms with Crippen molar-refractivity contribution in [1.82, 2.24) is 0 Å². The minimum Gasteiger partial charge on any atom is -0.497 e. The Kier molecular flexibility index (Phi) is 8.17. The van der Waals surface area contributed by atoms with Gasteiger partial charge >= 0.3 is 11.9 Å². The van der Waals surface area contributed by atoms with Crippen LogP contribution in [0.15, 0.2) is 84.9 Å². The van der Waals surface area contributed by atoms with Gasteiger partial charge in [0.1, 0.15) is 23.7 Å². The van der Waals surface area contributed by atoms with E-state index in [0.717, 1.165) is 0 Å². The number of aliphatic hydroxyl groups excluding tert-OH is 2. The van der Waals surface area contributed by atoms with Gasteiger partial charge in [-0.2, -0.15) is 0 Å². The van der Waals surface area contributed by atoms with Crippen molar-refractivity contribution in [1.29, 1.82) is 0 Å². The first-order valence-corrected chi connectivity index (χ1v) is 11.3. The molecule has 1 saturated heterocycles. The van der Waals surface area contributed by atoms with Gasteiger partial charge in [-0.15, -0.1) is 0 Å². The standard InChI is InChI=1S/C27H26O9/c1-32-19-12-14-20(15-13-19)33-27-24(36-26(31)18-10-6-3-7-11-18)23(22(29)21(16-28)34-27)35-25(30)17-8-4-2-5-9-17/h2-15,21-24,27-29H,16H2,1H3/t21-,22+,23+,24-,27-/m1/s1. The number of hydrogen-bond donors (Lipinski definition) is 2. The number of methoxy groups -OCH3 is 1. The van der Waals surface area contributed by atoms with Crippen LogP contribution in [0.3, 0.4) is 0 Å². The average molecular weight is 494 g/mol. The fourth-order valence-electron chi connectivity index (χ4n) is 3.72. The number of carbonyl (C=O) groups is 2. The largest absolute Gasteiger partial charge is 0.497 e. The number of ether oxygens (including phenoxy) is 5. The Labute approximate surface area is 207 Å². The number of esters is 2. The van der Waals surface area contributed by atoms with Crippen LogP contribution < -0.4 is 9.47 Å². The van der Waals surface area contributed by atoms with Gasteiger partial charge in [0.25, 0.3) is 0 Å². The third-order valence-corrected chi connectivity index (χ3v) is 5.62. The number of benzene rings is 3. The number of aliphatic hydroxyl groups is 2. The monoisotopic (exact) mass is 494 g/mol. The first-order chi connectivity index (χ1) is 17.5. The maximum Gasteiger partial charge on any atom is 0.338 e. The van der Waals surface area contributed by atoms with Crippen LogP contribution in [0.2, 0.25) is 0 Å². The van der Waals surface area contributed by atoms with Gasteiger partial charge < -0.3 is 33.9 Å².